The average molecular weight is 516 g/mol. The molecule has 3 heterocycles. The first-order valence-electron chi connectivity index (χ1n) is 13.8. The van der Waals surface area contributed by atoms with Gasteiger partial charge in [0.1, 0.15) is 0 Å². The van der Waals surface area contributed by atoms with Crippen molar-refractivity contribution in [3.8, 4) is 11.3 Å². The molecule has 1 atom stereocenters. The van der Waals surface area contributed by atoms with Gasteiger partial charge in [-0.15, -0.1) is 0 Å². The normalized spacial score (nSPS) is 16.4. The van der Waals surface area contributed by atoms with E-state index < -0.39 is 5.60 Å². The highest BCUT2D eigenvalue weighted by molar-refractivity contribution is 6.01. The summed E-state index contributed by atoms with van der Waals surface area (Å²) in [5.41, 5.74) is 7.58. The molecular formula is C34H33N3O2. The number of anilines is 1. The molecule has 5 heteroatoms. The third-order valence-electron chi connectivity index (χ3n) is 8.07. The van der Waals surface area contributed by atoms with E-state index in [9.17, 15) is 4.79 Å². The van der Waals surface area contributed by atoms with Crippen molar-refractivity contribution in [2.24, 2.45) is 0 Å². The fourth-order valence-electron chi connectivity index (χ4n) is 6.34. The summed E-state index contributed by atoms with van der Waals surface area (Å²) in [5.74, 6) is -0.327. The molecule has 1 aliphatic rings. The number of aromatic nitrogens is 2. The van der Waals surface area contributed by atoms with Crippen LogP contribution in [0.2, 0.25) is 0 Å². The lowest BCUT2D eigenvalue weighted by atomic mass is 9.76. The average Bonchev–Trinajstić information content (AvgIpc) is 3.47. The Bertz CT molecular complexity index is 1680. The van der Waals surface area contributed by atoms with Crippen molar-refractivity contribution in [1.82, 2.24) is 9.55 Å². The molecule has 0 amide bonds. The number of aryl methyl sites for hydroxylation is 2. The minimum atomic E-state index is -1.16. The first-order valence-corrected chi connectivity index (χ1v) is 13.8. The molecule has 0 saturated heterocycles. The van der Waals surface area contributed by atoms with Gasteiger partial charge in [-0.25, -0.2) is 4.79 Å². The molecule has 5 aromatic rings. The van der Waals surface area contributed by atoms with Gasteiger partial charge >= 0.3 is 5.97 Å². The predicted octanol–water partition coefficient (Wildman–Crippen LogP) is 7.34. The van der Waals surface area contributed by atoms with Gasteiger partial charge in [-0.2, -0.15) is 0 Å². The fraction of sp³-hybridized carbons (Fsp3) is 0.235. The summed E-state index contributed by atoms with van der Waals surface area (Å²) in [6.45, 7) is 11.2. The Hall–Kier alpha value is -4.38. The predicted molar refractivity (Wildman–Crippen MR) is 157 cm³/mol. The second-order valence-electron chi connectivity index (χ2n) is 10.0. The number of pyridine rings is 1. The van der Waals surface area contributed by atoms with Gasteiger partial charge in [0.2, 0.25) is 0 Å². The highest BCUT2D eigenvalue weighted by Crippen LogP contribution is 2.53. The van der Waals surface area contributed by atoms with Crippen molar-refractivity contribution < 1.29 is 9.53 Å². The quantitative estimate of drug-likeness (QED) is 0.213. The van der Waals surface area contributed by atoms with Gasteiger partial charge in [-0.3, -0.25) is 4.98 Å². The number of rotatable bonds is 7. The molecule has 3 aromatic carbocycles. The molecule has 1 aliphatic heterocycles. The minimum Gasteiger partial charge on any atom is -0.440 e. The number of carbonyl (C=O) groups excluding carboxylic acids is 1. The Morgan fingerprint density at radius 3 is 2.36 bits per heavy atom. The Morgan fingerprint density at radius 2 is 1.64 bits per heavy atom. The number of hydrogen-bond donors (Lipinski definition) is 0. The van der Waals surface area contributed by atoms with E-state index in [0.29, 0.717) is 5.56 Å². The number of para-hydroxylation sites is 1. The summed E-state index contributed by atoms with van der Waals surface area (Å²) in [4.78, 5) is 20.4. The largest absolute Gasteiger partial charge is 0.440 e. The zero-order chi connectivity index (χ0) is 27.1. The van der Waals surface area contributed by atoms with Crippen LogP contribution in [0.25, 0.3) is 22.2 Å². The van der Waals surface area contributed by atoms with Crippen LogP contribution in [-0.4, -0.2) is 28.6 Å². The number of hydrogen-bond acceptors (Lipinski definition) is 4. The minimum absolute atomic E-state index is 0.327. The van der Waals surface area contributed by atoms with E-state index in [0.717, 1.165) is 69.7 Å². The van der Waals surface area contributed by atoms with E-state index in [1.54, 1.807) is 12.3 Å². The molecule has 0 bridgehead atoms. The monoisotopic (exact) mass is 515 g/mol. The van der Waals surface area contributed by atoms with E-state index in [1.165, 1.54) is 0 Å². The second kappa shape index (κ2) is 9.73. The van der Waals surface area contributed by atoms with Crippen molar-refractivity contribution in [2.45, 2.75) is 39.8 Å². The van der Waals surface area contributed by atoms with Crippen LogP contribution in [-0.2, 0) is 16.9 Å². The summed E-state index contributed by atoms with van der Waals surface area (Å²) in [6.07, 6.45) is 3.48. The summed E-state index contributed by atoms with van der Waals surface area (Å²) in [6, 6.07) is 27.1. The molecule has 39 heavy (non-hydrogen) atoms. The van der Waals surface area contributed by atoms with Crippen LogP contribution in [0.15, 0.2) is 91.3 Å². The summed E-state index contributed by atoms with van der Waals surface area (Å²) >= 11 is 0. The first kappa shape index (κ1) is 24.9. The number of nitrogens with zero attached hydrogens (tertiary/aromatic N) is 3. The Kier molecular flexibility index (Phi) is 6.22. The van der Waals surface area contributed by atoms with E-state index in [1.807, 2.05) is 12.3 Å². The highest BCUT2D eigenvalue weighted by Gasteiger charge is 2.52. The number of esters is 1. The third-order valence-corrected chi connectivity index (χ3v) is 8.07. The molecule has 0 spiro atoms. The van der Waals surface area contributed by atoms with Crippen molar-refractivity contribution in [2.75, 3.05) is 18.0 Å². The maximum atomic E-state index is 13.6. The second-order valence-corrected chi connectivity index (χ2v) is 10.0. The molecule has 0 radical (unpaired) electrons. The molecule has 196 valence electrons. The SMILES string of the molecule is CCN(CC)c1ccc(C2(c3c(-c4ccccc4)n(CC)c4ccccc34)OC(=O)c3ccncc32)c(C)c1. The van der Waals surface area contributed by atoms with Gasteiger partial charge < -0.3 is 14.2 Å². The van der Waals surface area contributed by atoms with E-state index in [-0.39, 0.29) is 5.97 Å². The number of fused-ring (bicyclic) bond motifs is 2. The summed E-state index contributed by atoms with van der Waals surface area (Å²) in [7, 11) is 0. The number of cyclic esters (lactones) is 1. The number of benzene rings is 3. The lowest BCUT2D eigenvalue weighted by Crippen LogP contribution is -2.31. The van der Waals surface area contributed by atoms with Gasteiger partial charge in [-0.1, -0.05) is 54.6 Å². The molecule has 0 N–H and O–H groups in total. The van der Waals surface area contributed by atoms with Gasteiger partial charge in [-0.05, 0) is 63.1 Å². The van der Waals surface area contributed by atoms with Crippen molar-refractivity contribution >= 4 is 22.6 Å². The van der Waals surface area contributed by atoms with Crippen molar-refractivity contribution in [3.63, 3.8) is 0 Å². The lowest BCUT2D eigenvalue weighted by molar-refractivity contribution is 0.0255. The van der Waals surface area contributed by atoms with Crippen molar-refractivity contribution in [1.29, 1.82) is 0 Å². The van der Waals surface area contributed by atoms with Gasteiger partial charge in [0.25, 0.3) is 0 Å². The van der Waals surface area contributed by atoms with Crippen LogP contribution in [0.5, 0.6) is 0 Å². The Morgan fingerprint density at radius 1 is 0.897 bits per heavy atom. The van der Waals surface area contributed by atoms with Crippen LogP contribution in [0.4, 0.5) is 5.69 Å². The smallest absolute Gasteiger partial charge is 0.340 e. The number of ether oxygens (including phenoxy) is 1. The first-order chi connectivity index (χ1) is 19.0. The maximum Gasteiger partial charge on any atom is 0.340 e. The molecule has 0 aliphatic carbocycles. The van der Waals surface area contributed by atoms with E-state index in [4.69, 9.17) is 4.74 Å². The van der Waals surface area contributed by atoms with Gasteiger partial charge in [0, 0.05) is 65.3 Å². The Labute approximate surface area is 229 Å². The Balaban J connectivity index is 1.77. The van der Waals surface area contributed by atoms with E-state index >= 15 is 0 Å². The van der Waals surface area contributed by atoms with Gasteiger partial charge in [0.05, 0.1) is 11.3 Å². The standard InChI is InChI=1S/C34H33N3O2/c1-5-36(6-2)25-17-18-28(23(4)21-25)34(29-22-35-20-19-26(29)33(38)39-34)31-27-15-11-12-16-30(27)37(7-3)32(31)24-13-9-8-10-14-24/h8-22H,5-7H2,1-4H3. The highest BCUT2D eigenvalue weighted by atomic mass is 16.6. The molecule has 1 unspecified atom stereocenters. The molecular weight excluding hydrogens is 482 g/mol. The summed E-state index contributed by atoms with van der Waals surface area (Å²) in [5, 5.41) is 1.06. The zero-order valence-corrected chi connectivity index (χ0v) is 22.9. The van der Waals surface area contributed by atoms with Crippen LogP contribution < -0.4 is 4.90 Å². The lowest BCUT2D eigenvalue weighted by Gasteiger charge is -2.33. The van der Waals surface area contributed by atoms with Crippen molar-refractivity contribution in [3.05, 3.63) is 119 Å². The van der Waals surface area contributed by atoms with Crippen LogP contribution in [0.1, 0.15) is 53.4 Å². The molecule has 5 nitrogen and oxygen atoms in total. The third kappa shape index (κ3) is 3.68. The fourth-order valence-corrected chi connectivity index (χ4v) is 6.34. The molecule has 6 rings (SSSR count). The topological polar surface area (TPSA) is 47.4 Å². The number of carbonyl (C=O) groups is 1. The maximum absolute atomic E-state index is 13.6. The molecule has 0 fully saturated rings. The van der Waals surface area contributed by atoms with Gasteiger partial charge in [0.15, 0.2) is 5.60 Å². The molecule has 2 aromatic heterocycles. The van der Waals surface area contributed by atoms with E-state index in [2.05, 4.69) is 109 Å². The van der Waals surface area contributed by atoms with Crippen LogP contribution in [0.3, 0.4) is 0 Å². The van der Waals surface area contributed by atoms with Crippen LogP contribution >= 0.6 is 0 Å². The summed E-state index contributed by atoms with van der Waals surface area (Å²) < 4.78 is 8.98. The van der Waals surface area contributed by atoms with Crippen LogP contribution in [0, 0.1) is 6.92 Å². The molecule has 0 saturated carbocycles. The zero-order valence-electron chi connectivity index (χ0n) is 22.9.